The molecule has 3 aromatic rings. The summed E-state index contributed by atoms with van der Waals surface area (Å²) in [7, 11) is 1.75. The second-order valence-electron chi connectivity index (χ2n) is 7.40. The van der Waals surface area contributed by atoms with Crippen molar-refractivity contribution in [2.45, 2.75) is 38.8 Å². The van der Waals surface area contributed by atoms with Crippen molar-refractivity contribution in [3.05, 3.63) is 40.5 Å². The fourth-order valence-electron chi connectivity index (χ4n) is 3.83. The third-order valence-electron chi connectivity index (χ3n) is 5.53. The van der Waals surface area contributed by atoms with Crippen LogP contribution in [0.2, 0.25) is 0 Å². The van der Waals surface area contributed by atoms with Crippen LogP contribution in [-0.2, 0) is 13.2 Å². The summed E-state index contributed by atoms with van der Waals surface area (Å²) in [4.78, 5) is 18.9. The van der Waals surface area contributed by atoms with Gasteiger partial charge < -0.3 is 9.42 Å². The zero-order chi connectivity index (χ0) is 20.9. The number of hydrogen-bond acceptors (Lipinski definition) is 5. The molecular weight excluding hydrogens is 387 g/mol. The third-order valence-corrected chi connectivity index (χ3v) is 5.53. The van der Waals surface area contributed by atoms with Gasteiger partial charge in [0.15, 0.2) is 0 Å². The van der Waals surface area contributed by atoms with Crippen molar-refractivity contribution in [1.29, 1.82) is 0 Å². The van der Waals surface area contributed by atoms with Gasteiger partial charge in [-0.25, -0.2) is 4.98 Å². The fourth-order valence-corrected chi connectivity index (χ4v) is 3.83. The van der Waals surface area contributed by atoms with Crippen LogP contribution in [0.5, 0.6) is 0 Å². The highest BCUT2D eigenvalue weighted by molar-refractivity contribution is 5.95. The van der Waals surface area contributed by atoms with Crippen molar-refractivity contribution in [3.63, 3.8) is 0 Å². The number of rotatable bonds is 2. The van der Waals surface area contributed by atoms with Gasteiger partial charge in [0.05, 0.1) is 34.1 Å². The van der Waals surface area contributed by atoms with Crippen molar-refractivity contribution >= 4 is 17.0 Å². The van der Waals surface area contributed by atoms with Gasteiger partial charge in [0.2, 0.25) is 0 Å². The van der Waals surface area contributed by atoms with Crippen LogP contribution in [0.4, 0.5) is 13.2 Å². The van der Waals surface area contributed by atoms with E-state index in [-0.39, 0.29) is 40.9 Å². The van der Waals surface area contributed by atoms with Gasteiger partial charge in [0.25, 0.3) is 11.6 Å². The Kier molecular flexibility index (Phi) is 4.59. The average molecular weight is 407 g/mol. The first-order chi connectivity index (χ1) is 13.7. The second kappa shape index (κ2) is 6.85. The van der Waals surface area contributed by atoms with Gasteiger partial charge in [0, 0.05) is 31.7 Å². The third kappa shape index (κ3) is 3.36. The number of pyridine rings is 1. The molecule has 0 radical (unpaired) electrons. The molecule has 0 bridgehead atoms. The minimum atomic E-state index is -4.55. The summed E-state index contributed by atoms with van der Waals surface area (Å²) in [5.74, 6) is -0.492. The number of aryl methyl sites for hydroxylation is 2. The molecule has 10 heteroatoms. The molecule has 1 aliphatic heterocycles. The van der Waals surface area contributed by atoms with Crippen molar-refractivity contribution < 1.29 is 22.5 Å². The van der Waals surface area contributed by atoms with Crippen molar-refractivity contribution in [2.75, 3.05) is 13.1 Å². The molecule has 154 valence electrons. The number of hydrogen-bond donors (Lipinski definition) is 0. The smallest absolute Gasteiger partial charge is 0.338 e. The van der Waals surface area contributed by atoms with E-state index in [1.165, 1.54) is 13.1 Å². The van der Waals surface area contributed by atoms with E-state index >= 15 is 0 Å². The standard InChI is InChI=1S/C19H20F3N5O2/c1-10-16-14(19(20,21)22)7-15(24-17(16)29-25-10)12-5-4-6-27(9-12)18(28)13-8-23-26(3)11(13)2/h7-8,12H,4-6,9H2,1-3H3. The van der Waals surface area contributed by atoms with E-state index in [2.05, 4.69) is 15.2 Å². The Labute approximate surface area is 164 Å². The summed E-state index contributed by atoms with van der Waals surface area (Å²) >= 11 is 0. The molecular formula is C19H20F3N5O2. The van der Waals surface area contributed by atoms with E-state index in [9.17, 15) is 18.0 Å². The number of fused-ring (bicyclic) bond motifs is 1. The first kappa shape index (κ1) is 19.4. The molecule has 0 saturated carbocycles. The van der Waals surface area contributed by atoms with Gasteiger partial charge >= 0.3 is 6.18 Å². The zero-order valence-electron chi connectivity index (χ0n) is 16.2. The van der Waals surface area contributed by atoms with E-state index in [0.29, 0.717) is 24.9 Å². The monoisotopic (exact) mass is 407 g/mol. The molecule has 1 aliphatic rings. The molecule has 3 aromatic heterocycles. The number of alkyl halides is 3. The van der Waals surface area contributed by atoms with Crippen LogP contribution in [0.25, 0.3) is 11.1 Å². The summed E-state index contributed by atoms with van der Waals surface area (Å²) < 4.78 is 47.5. The lowest BCUT2D eigenvalue weighted by Crippen LogP contribution is -2.39. The van der Waals surface area contributed by atoms with Crippen molar-refractivity contribution in [3.8, 4) is 0 Å². The van der Waals surface area contributed by atoms with Gasteiger partial charge in [-0.1, -0.05) is 5.16 Å². The summed E-state index contributed by atoms with van der Waals surface area (Å²) in [6.07, 6.45) is -1.72. The van der Waals surface area contributed by atoms with E-state index in [1.807, 2.05) is 0 Å². The summed E-state index contributed by atoms with van der Waals surface area (Å²) in [5.41, 5.74) is 0.730. The van der Waals surface area contributed by atoms with E-state index in [0.717, 1.165) is 11.8 Å². The van der Waals surface area contributed by atoms with E-state index in [4.69, 9.17) is 4.52 Å². The van der Waals surface area contributed by atoms with Crippen LogP contribution >= 0.6 is 0 Å². The Balaban J connectivity index is 1.67. The van der Waals surface area contributed by atoms with E-state index in [1.54, 1.807) is 23.6 Å². The average Bonchev–Trinajstić information content (AvgIpc) is 3.22. The highest BCUT2D eigenvalue weighted by Gasteiger charge is 2.37. The number of amides is 1. The molecule has 0 spiro atoms. The Hall–Kier alpha value is -2.91. The van der Waals surface area contributed by atoms with Crippen molar-refractivity contribution in [2.24, 2.45) is 7.05 Å². The number of halogens is 3. The first-order valence-corrected chi connectivity index (χ1v) is 9.28. The lowest BCUT2D eigenvalue weighted by atomic mass is 9.92. The Morgan fingerprint density at radius 2 is 2.07 bits per heavy atom. The number of likely N-dealkylation sites (tertiary alicyclic amines) is 1. The summed E-state index contributed by atoms with van der Waals surface area (Å²) in [5, 5.41) is 7.62. The first-order valence-electron chi connectivity index (χ1n) is 9.28. The minimum Gasteiger partial charge on any atom is -0.338 e. The summed E-state index contributed by atoms with van der Waals surface area (Å²) in [6.45, 7) is 4.09. The highest BCUT2D eigenvalue weighted by atomic mass is 19.4. The maximum atomic E-state index is 13.6. The predicted octanol–water partition coefficient (Wildman–Crippen LogP) is 3.61. The number of carbonyl (C=O) groups is 1. The fraction of sp³-hybridized carbons (Fsp3) is 0.474. The van der Waals surface area contributed by atoms with Crippen LogP contribution in [0.1, 0.15) is 51.8 Å². The summed E-state index contributed by atoms with van der Waals surface area (Å²) in [6, 6.07) is 1.07. The lowest BCUT2D eigenvalue weighted by Gasteiger charge is -2.32. The molecule has 1 fully saturated rings. The predicted molar refractivity (Wildman–Crippen MR) is 97.4 cm³/mol. The maximum absolute atomic E-state index is 13.6. The molecule has 4 rings (SSSR count). The molecule has 0 N–H and O–H groups in total. The van der Waals surface area contributed by atoms with Crippen LogP contribution in [0.3, 0.4) is 0 Å². The normalized spacial score (nSPS) is 17.9. The minimum absolute atomic E-state index is 0.115. The molecule has 7 nitrogen and oxygen atoms in total. The Morgan fingerprint density at radius 1 is 1.31 bits per heavy atom. The van der Waals surface area contributed by atoms with Gasteiger partial charge in [-0.2, -0.15) is 18.3 Å². The van der Waals surface area contributed by atoms with Gasteiger partial charge in [0.1, 0.15) is 0 Å². The number of carbonyl (C=O) groups excluding carboxylic acids is 1. The van der Waals surface area contributed by atoms with Crippen LogP contribution in [-0.4, -0.2) is 43.8 Å². The van der Waals surface area contributed by atoms with Gasteiger partial charge in [-0.3, -0.25) is 9.48 Å². The number of piperidine rings is 1. The van der Waals surface area contributed by atoms with Crippen LogP contribution < -0.4 is 0 Å². The quantitative estimate of drug-likeness (QED) is 0.649. The van der Waals surface area contributed by atoms with Crippen molar-refractivity contribution in [1.82, 2.24) is 24.8 Å². The molecule has 1 saturated heterocycles. The highest BCUT2D eigenvalue weighted by Crippen LogP contribution is 2.38. The largest absolute Gasteiger partial charge is 0.417 e. The SMILES string of the molecule is Cc1noc2nc(C3CCCN(C(=O)c4cnn(C)c4C)C3)cc(C(F)(F)F)c12. The molecule has 1 atom stereocenters. The molecule has 1 amide bonds. The maximum Gasteiger partial charge on any atom is 0.417 e. The number of nitrogens with zero attached hydrogens (tertiary/aromatic N) is 5. The van der Waals surface area contributed by atoms with E-state index < -0.39 is 11.7 Å². The molecule has 0 aromatic carbocycles. The lowest BCUT2D eigenvalue weighted by molar-refractivity contribution is -0.136. The second-order valence-corrected chi connectivity index (χ2v) is 7.40. The molecule has 29 heavy (non-hydrogen) atoms. The van der Waals surface area contributed by atoms with Gasteiger partial charge in [-0.05, 0) is 32.8 Å². The molecule has 4 heterocycles. The van der Waals surface area contributed by atoms with Crippen LogP contribution in [0.15, 0.2) is 16.8 Å². The Morgan fingerprint density at radius 3 is 2.72 bits per heavy atom. The Bertz CT molecular complexity index is 1090. The zero-order valence-corrected chi connectivity index (χ0v) is 16.2. The number of aromatic nitrogens is 4. The molecule has 0 aliphatic carbocycles. The van der Waals surface area contributed by atoms with Gasteiger partial charge in [-0.15, -0.1) is 0 Å². The van der Waals surface area contributed by atoms with Crippen LogP contribution in [0, 0.1) is 13.8 Å². The molecule has 1 unspecified atom stereocenters. The topological polar surface area (TPSA) is 77.1 Å².